The van der Waals surface area contributed by atoms with Crippen molar-refractivity contribution in [1.29, 1.82) is 0 Å². The fourth-order valence-electron chi connectivity index (χ4n) is 2.77. The molecule has 0 aliphatic carbocycles. The Morgan fingerprint density at radius 2 is 1.77 bits per heavy atom. The quantitative estimate of drug-likeness (QED) is 0.469. The number of aliphatic hydroxyl groups is 1. The summed E-state index contributed by atoms with van der Waals surface area (Å²) in [7, 11) is -3.33. The molecule has 1 aromatic carbocycles. The van der Waals surface area contributed by atoms with Crippen LogP contribution in [0.3, 0.4) is 0 Å². The molecule has 2 N–H and O–H groups in total. The zero-order valence-electron chi connectivity index (χ0n) is 18.4. The SMILES string of the molecule is [3H]C([3H])(CCC(O)c1ccc(NS(C)(=O)=O)cc1)N(CC)CCCCCCC. The second-order valence-corrected chi connectivity index (χ2v) is 8.45. The number of aliphatic hydroxyl groups excluding tert-OH is 1. The van der Waals surface area contributed by atoms with E-state index in [4.69, 9.17) is 2.74 Å². The van der Waals surface area contributed by atoms with Crippen molar-refractivity contribution in [3.63, 3.8) is 0 Å². The molecule has 1 aromatic rings. The van der Waals surface area contributed by atoms with E-state index in [9.17, 15) is 13.5 Å². The van der Waals surface area contributed by atoms with Gasteiger partial charge in [-0.05, 0) is 56.5 Å². The van der Waals surface area contributed by atoms with Crippen molar-refractivity contribution in [2.24, 2.45) is 0 Å². The lowest BCUT2D eigenvalue weighted by atomic mass is 10.0. The Morgan fingerprint density at radius 3 is 2.35 bits per heavy atom. The van der Waals surface area contributed by atoms with Gasteiger partial charge in [0, 0.05) is 8.43 Å². The minimum absolute atomic E-state index is 0.236. The summed E-state index contributed by atoms with van der Waals surface area (Å²) in [6, 6.07) is 6.53. The van der Waals surface area contributed by atoms with Crippen molar-refractivity contribution >= 4 is 15.7 Å². The van der Waals surface area contributed by atoms with E-state index in [1.165, 1.54) is 19.3 Å². The zero-order chi connectivity index (χ0) is 21.2. The van der Waals surface area contributed by atoms with E-state index >= 15 is 0 Å². The number of rotatable bonds is 14. The van der Waals surface area contributed by atoms with Gasteiger partial charge < -0.3 is 10.0 Å². The van der Waals surface area contributed by atoms with Crippen molar-refractivity contribution in [2.45, 2.75) is 64.9 Å². The zero-order valence-corrected chi connectivity index (χ0v) is 17.2. The Kier molecular flexibility index (Phi) is 9.30. The summed E-state index contributed by atoms with van der Waals surface area (Å²) < 4.78 is 41.7. The summed E-state index contributed by atoms with van der Waals surface area (Å²) in [6.07, 6.45) is 6.57. The predicted molar refractivity (Wildman–Crippen MR) is 110 cm³/mol. The third kappa shape index (κ3) is 10.1. The number of sulfonamides is 1. The highest BCUT2D eigenvalue weighted by atomic mass is 32.2. The molecule has 0 saturated heterocycles. The average molecular weight is 389 g/mol. The summed E-state index contributed by atoms with van der Waals surface area (Å²) in [4.78, 5) is 1.85. The Bertz CT molecular complexity index is 667. The average Bonchev–Trinajstić information content (AvgIpc) is 2.62. The van der Waals surface area contributed by atoms with E-state index < -0.39 is 22.6 Å². The molecule has 0 aliphatic heterocycles. The van der Waals surface area contributed by atoms with Crippen LogP contribution in [0.5, 0.6) is 0 Å². The van der Waals surface area contributed by atoms with Crippen molar-refractivity contribution < 1.29 is 16.3 Å². The lowest BCUT2D eigenvalue weighted by Crippen LogP contribution is -2.26. The molecular formula is C20H36N2O3S. The van der Waals surface area contributed by atoms with Gasteiger partial charge in [0.15, 0.2) is 0 Å². The van der Waals surface area contributed by atoms with Gasteiger partial charge in [0.25, 0.3) is 0 Å². The van der Waals surface area contributed by atoms with Crippen LogP contribution in [0, 0.1) is 0 Å². The van der Waals surface area contributed by atoms with Crippen LogP contribution in [-0.4, -0.2) is 44.3 Å². The molecule has 5 nitrogen and oxygen atoms in total. The molecule has 150 valence electrons. The summed E-state index contributed by atoms with van der Waals surface area (Å²) in [5.41, 5.74) is 1.09. The summed E-state index contributed by atoms with van der Waals surface area (Å²) in [5, 5.41) is 10.4. The Hall–Kier alpha value is -1.11. The van der Waals surface area contributed by atoms with Crippen LogP contribution < -0.4 is 4.72 Å². The van der Waals surface area contributed by atoms with Gasteiger partial charge in [0.05, 0.1) is 12.4 Å². The van der Waals surface area contributed by atoms with Crippen LogP contribution >= 0.6 is 0 Å². The molecule has 0 heterocycles. The van der Waals surface area contributed by atoms with Gasteiger partial charge in [0.2, 0.25) is 10.0 Å². The Balaban J connectivity index is 2.54. The van der Waals surface area contributed by atoms with Gasteiger partial charge in [-0.25, -0.2) is 8.42 Å². The topological polar surface area (TPSA) is 69.6 Å². The molecule has 0 spiro atoms. The molecule has 1 unspecified atom stereocenters. The monoisotopic (exact) mass is 388 g/mol. The molecule has 0 bridgehead atoms. The molecule has 0 aliphatic rings. The van der Waals surface area contributed by atoms with Crippen LogP contribution in [-0.2, 0) is 10.0 Å². The third-order valence-corrected chi connectivity index (χ3v) is 4.87. The summed E-state index contributed by atoms with van der Waals surface area (Å²) in [5.74, 6) is 0. The summed E-state index contributed by atoms with van der Waals surface area (Å²) >= 11 is 0. The van der Waals surface area contributed by atoms with Gasteiger partial charge in [-0.15, -0.1) is 0 Å². The van der Waals surface area contributed by atoms with Gasteiger partial charge in [-0.3, -0.25) is 4.72 Å². The van der Waals surface area contributed by atoms with Gasteiger partial charge >= 0.3 is 0 Å². The Morgan fingerprint density at radius 1 is 1.12 bits per heavy atom. The first kappa shape index (κ1) is 19.6. The lowest BCUT2D eigenvalue weighted by Gasteiger charge is -2.21. The second kappa shape index (κ2) is 12.3. The minimum atomic E-state index is -3.33. The van der Waals surface area contributed by atoms with Crippen LogP contribution in [0.25, 0.3) is 0 Å². The highest BCUT2D eigenvalue weighted by Crippen LogP contribution is 2.21. The first-order chi connectivity index (χ1) is 13.1. The van der Waals surface area contributed by atoms with Crippen LogP contribution in [0.2, 0.25) is 0 Å². The third-order valence-electron chi connectivity index (χ3n) is 4.27. The highest BCUT2D eigenvalue weighted by molar-refractivity contribution is 7.92. The number of anilines is 1. The first-order valence-electron chi connectivity index (χ1n) is 10.6. The van der Waals surface area contributed by atoms with Crippen molar-refractivity contribution in [2.75, 3.05) is 30.6 Å². The summed E-state index contributed by atoms with van der Waals surface area (Å²) in [6.45, 7) is 4.06. The first-order valence-corrected chi connectivity index (χ1v) is 11.5. The van der Waals surface area contributed by atoms with E-state index in [0.29, 0.717) is 24.2 Å². The van der Waals surface area contributed by atoms with Gasteiger partial charge in [-0.1, -0.05) is 51.7 Å². The minimum Gasteiger partial charge on any atom is -0.388 e. The molecule has 6 heteroatoms. The molecule has 0 radical (unpaired) electrons. The molecule has 0 fully saturated rings. The second-order valence-electron chi connectivity index (χ2n) is 6.70. The largest absolute Gasteiger partial charge is 0.388 e. The molecule has 0 saturated carbocycles. The van der Waals surface area contributed by atoms with Gasteiger partial charge in [-0.2, -0.15) is 0 Å². The molecule has 1 rings (SSSR count). The number of hydrogen-bond donors (Lipinski definition) is 2. The maximum Gasteiger partial charge on any atom is 0.229 e. The fraction of sp³-hybridized carbons (Fsp3) is 0.700. The Labute approximate surface area is 162 Å². The van der Waals surface area contributed by atoms with E-state index in [0.717, 1.165) is 25.6 Å². The maximum atomic E-state index is 11.2. The molecular weight excluding hydrogens is 348 g/mol. The molecule has 0 amide bonds. The normalized spacial score (nSPS) is 14.8. The van der Waals surface area contributed by atoms with E-state index in [-0.39, 0.29) is 6.42 Å². The van der Waals surface area contributed by atoms with Crippen molar-refractivity contribution in [1.82, 2.24) is 4.90 Å². The number of hydrogen-bond acceptors (Lipinski definition) is 4. The van der Waals surface area contributed by atoms with Gasteiger partial charge in [0.1, 0.15) is 0 Å². The predicted octanol–water partition coefficient (Wildman–Crippen LogP) is 4.16. The smallest absolute Gasteiger partial charge is 0.229 e. The lowest BCUT2D eigenvalue weighted by molar-refractivity contribution is 0.155. The van der Waals surface area contributed by atoms with E-state index in [1.807, 2.05) is 11.8 Å². The molecule has 26 heavy (non-hydrogen) atoms. The van der Waals surface area contributed by atoms with E-state index in [1.54, 1.807) is 24.3 Å². The molecule has 1 atom stereocenters. The maximum absolute atomic E-state index is 11.2. The number of benzene rings is 1. The van der Waals surface area contributed by atoms with Crippen LogP contribution in [0.1, 0.15) is 73.2 Å². The van der Waals surface area contributed by atoms with E-state index in [2.05, 4.69) is 11.6 Å². The van der Waals surface area contributed by atoms with Crippen molar-refractivity contribution in [3.05, 3.63) is 29.8 Å². The van der Waals surface area contributed by atoms with Crippen LogP contribution in [0.4, 0.5) is 5.69 Å². The molecule has 0 aromatic heterocycles. The number of nitrogens with one attached hydrogen (secondary N) is 1. The number of nitrogens with zero attached hydrogens (tertiary/aromatic N) is 1. The highest BCUT2D eigenvalue weighted by Gasteiger charge is 2.10. The van der Waals surface area contributed by atoms with Crippen molar-refractivity contribution in [3.8, 4) is 0 Å². The fourth-order valence-corrected chi connectivity index (χ4v) is 3.33. The van der Waals surface area contributed by atoms with Crippen LogP contribution in [0.15, 0.2) is 24.3 Å². The standard InChI is InChI=1S/C20H36N2O3S/c1-4-6-7-8-9-16-22(5-2)17-10-11-20(23)18-12-14-19(15-13-18)21-26(3,24)25/h12-15,20-21,23H,4-11,16-17H2,1-3H3/i17T2. The number of unbranched alkanes of at least 4 members (excludes halogenated alkanes) is 4.